The molecule has 3 nitrogen and oxygen atoms in total. The fourth-order valence-electron chi connectivity index (χ4n) is 1.31. The highest BCUT2D eigenvalue weighted by Gasteiger charge is 2.90. The molecule has 1 N–H and O–H groups in total. The molecule has 0 saturated carbocycles. The maximum absolute atomic E-state index is 13.2. The van der Waals surface area contributed by atoms with Crippen LogP contribution in [0, 0.1) is 0 Å². The quantitative estimate of drug-likeness (QED) is 0.260. The zero-order valence-electron chi connectivity index (χ0n) is 12.3. The van der Waals surface area contributed by atoms with Crippen molar-refractivity contribution in [1.82, 2.24) is 0 Å². The fraction of sp³-hybridized carbons (Fsp3) is 0.727. The Morgan fingerprint density at radius 3 is 1.44 bits per heavy atom. The number of hydrogen-bond donors (Lipinski definition) is 1. The maximum Gasteiger partial charge on any atom is 0.460 e. The molecule has 0 saturated heterocycles. The van der Waals surface area contributed by atoms with Crippen molar-refractivity contribution in [3.05, 3.63) is 12.3 Å². The molecule has 0 atom stereocenters. The standard InChI is InChI=1S/C11H7F13O3/c1-4(25)5(26)27-3-2-6(12,13)7(14,15)8(16,17)9(18,19)10(20,21)11(22,23)24/h25H,1-3H2. The lowest BCUT2D eigenvalue weighted by atomic mass is 9.93. The molecule has 0 unspecified atom stereocenters. The molecular weight excluding hydrogens is 427 g/mol. The van der Waals surface area contributed by atoms with Gasteiger partial charge in [-0.3, -0.25) is 0 Å². The topological polar surface area (TPSA) is 46.5 Å². The van der Waals surface area contributed by atoms with Crippen LogP contribution in [-0.4, -0.2) is 53.5 Å². The number of esters is 1. The van der Waals surface area contributed by atoms with Crippen LogP contribution in [0.25, 0.3) is 0 Å². The van der Waals surface area contributed by atoms with Crippen molar-refractivity contribution in [2.45, 2.75) is 42.2 Å². The van der Waals surface area contributed by atoms with E-state index in [2.05, 4.69) is 11.3 Å². The predicted octanol–water partition coefficient (Wildman–Crippen LogP) is 4.73. The van der Waals surface area contributed by atoms with Crippen molar-refractivity contribution in [1.29, 1.82) is 0 Å². The van der Waals surface area contributed by atoms with Gasteiger partial charge in [-0.2, -0.15) is 57.1 Å². The van der Waals surface area contributed by atoms with Gasteiger partial charge in [0.2, 0.25) is 0 Å². The third-order valence-corrected chi connectivity index (χ3v) is 2.88. The van der Waals surface area contributed by atoms with Gasteiger partial charge in [-0.15, -0.1) is 0 Å². The first-order chi connectivity index (χ1) is 11.6. The molecular formula is C11H7F13O3. The summed E-state index contributed by atoms with van der Waals surface area (Å²) in [5.74, 6) is -40.9. The van der Waals surface area contributed by atoms with E-state index in [1.807, 2.05) is 0 Å². The van der Waals surface area contributed by atoms with Gasteiger partial charge in [0.05, 0.1) is 13.0 Å². The van der Waals surface area contributed by atoms with Crippen molar-refractivity contribution in [3.8, 4) is 0 Å². The number of hydrogen-bond acceptors (Lipinski definition) is 3. The number of alkyl halides is 13. The minimum atomic E-state index is -7.98. The number of carbonyl (C=O) groups excluding carboxylic acids is 1. The molecule has 0 aromatic rings. The van der Waals surface area contributed by atoms with E-state index in [9.17, 15) is 61.9 Å². The number of aliphatic hydroxyl groups excluding tert-OH is 1. The van der Waals surface area contributed by atoms with Crippen LogP contribution in [0.5, 0.6) is 0 Å². The molecule has 0 aliphatic heterocycles. The Morgan fingerprint density at radius 1 is 0.741 bits per heavy atom. The largest absolute Gasteiger partial charge is 0.502 e. The van der Waals surface area contributed by atoms with Crippen molar-refractivity contribution >= 4 is 5.97 Å². The fourth-order valence-corrected chi connectivity index (χ4v) is 1.31. The summed E-state index contributed by atoms with van der Waals surface area (Å²) in [6.07, 6.45) is -10.2. The molecule has 0 amide bonds. The first-order valence-corrected chi connectivity index (χ1v) is 6.08. The highest BCUT2D eigenvalue weighted by Crippen LogP contribution is 2.60. The van der Waals surface area contributed by atoms with Gasteiger partial charge < -0.3 is 9.84 Å². The SMILES string of the molecule is C=C(O)C(=O)OCCC(F)(F)C(F)(F)C(F)(F)C(F)(F)C(F)(F)C(F)(F)F. The lowest BCUT2D eigenvalue weighted by Crippen LogP contribution is -2.70. The molecule has 0 rings (SSSR count). The van der Waals surface area contributed by atoms with E-state index in [0.717, 1.165) is 0 Å². The Kier molecular flexibility index (Phi) is 6.44. The van der Waals surface area contributed by atoms with Crippen LogP contribution >= 0.6 is 0 Å². The summed E-state index contributed by atoms with van der Waals surface area (Å²) in [5, 5.41) is 8.40. The molecule has 0 spiro atoms. The second-order valence-electron chi connectivity index (χ2n) is 4.83. The van der Waals surface area contributed by atoms with Gasteiger partial charge in [0, 0.05) is 0 Å². The highest BCUT2D eigenvalue weighted by molar-refractivity contribution is 5.84. The first-order valence-electron chi connectivity index (χ1n) is 6.08. The molecule has 0 aliphatic carbocycles. The molecule has 0 fully saturated rings. The highest BCUT2D eigenvalue weighted by atomic mass is 19.4. The Hall–Kier alpha value is -1.90. The summed E-state index contributed by atoms with van der Waals surface area (Å²) in [4.78, 5) is 10.6. The van der Waals surface area contributed by atoms with Crippen LogP contribution < -0.4 is 0 Å². The van der Waals surface area contributed by atoms with Crippen molar-refractivity contribution in [3.63, 3.8) is 0 Å². The van der Waals surface area contributed by atoms with Gasteiger partial charge in [-0.25, -0.2) is 4.79 Å². The molecule has 0 aliphatic rings. The normalized spacial score (nSPS) is 14.9. The van der Waals surface area contributed by atoms with Crippen LogP contribution in [-0.2, 0) is 9.53 Å². The van der Waals surface area contributed by atoms with Crippen LogP contribution in [0.4, 0.5) is 57.1 Å². The van der Waals surface area contributed by atoms with Gasteiger partial charge in [0.15, 0.2) is 5.76 Å². The van der Waals surface area contributed by atoms with Crippen molar-refractivity contribution < 1.29 is 71.7 Å². The molecule has 0 aromatic heterocycles. The van der Waals surface area contributed by atoms with E-state index in [1.165, 1.54) is 0 Å². The summed E-state index contributed by atoms with van der Waals surface area (Å²) in [5.41, 5.74) is 0. The third kappa shape index (κ3) is 4.02. The summed E-state index contributed by atoms with van der Waals surface area (Å²) < 4.78 is 169. The first kappa shape index (κ1) is 25.1. The molecule has 27 heavy (non-hydrogen) atoms. The van der Waals surface area contributed by atoms with E-state index in [-0.39, 0.29) is 0 Å². The monoisotopic (exact) mass is 434 g/mol. The molecule has 16 heteroatoms. The summed E-state index contributed by atoms with van der Waals surface area (Å²) >= 11 is 0. The molecule has 0 radical (unpaired) electrons. The smallest absolute Gasteiger partial charge is 0.460 e. The molecule has 0 aromatic carbocycles. The Labute approximate surface area is 140 Å². The Balaban J connectivity index is 5.80. The molecule has 0 bridgehead atoms. The minimum absolute atomic E-state index is 1.47. The number of halogens is 13. The van der Waals surface area contributed by atoms with Gasteiger partial charge in [-0.1, -0.05) is 0 Å². The zero-order valence-corrected chi connectivity index (χ0v) is 12.3. The number of carbonyl (C=O) groups is 1. The number of aliphatic hydroxyl groups is 1. The molecule has 160 valence electrons. The summed E-state index contributed by atoms with van der Waals surface area (Å²) in [6, 6.07) is 0. The van der Waals surface area contributed by atoms with E-state index in [0.29, 0.717) is 0 Å². The van der Waals surface area contributed by atoms with E-state index in [4.69, 9.17) is 5.11 Å². The Morgan fingerprint density at radius 2 is 1.11 bits per heavy atom. The molecule has 0 heterocycles. The van der Waals surface area contributed by atoms with E-state index >= 15 is 0 Å². The van der Waals surface area contributed by atoms with E-state index < -0.39 is 60.5 Å². The second kappa shape index (κ2) is 6.92. The van der Waals surface area contributed by atoms with Crippen LogP contribution in [0.1, 0.15) is 6.42 Å². The van der Waals surface area contributed by atoms with Gasteiger partial charge in [-0.05, 0) is 6.58 Å². The second-order valence-corrected chi connectivity index (χ2v) is 4.83. The van der Waals surface area contributed by atoms with Gasteiger partial charge >= 0.3 is 41.8 Å². The van der Waals surface area contributed by atoms with Crippen LogP contribution in [0.2, 0.25) is 0 Å². The lowest BCUT2D eigenvalue weighted by Gasteiger charge is -2.39. The van der Waals surface area contributed by atoms with Crippen molar-refractivity contribution in [2.75, 3.05) is 6.61 Å². The predicted molar refractivity (Wildman–Crippen MR) is 58.1 cm³/mol. The van der Waals surface area contributed by atoms with Crippen LogP contribution in [0.3, 0.4) is 0 Å². The van der Waals surface area contributed by atoms with Crippen LogP contribution in [0.15, 0.2) is 12.3 Å². The maximum atomic E-state index is 13.2. The average molecular weight is 434 g/mol. The van der Waals surface area contributed by atoms with Gasteiger partial charge in [0.1, 0.15) is 0 Å². The summed E-state index contributed by atoms with van der Waals surface area (Å²) in [7, 11) is 0. The summed E-state index contributed by atoms with van der Waals surface area (Å²) in [6.45, 7) is 0.531. The van der Waals surface area contributed by atoms with Crippen molar-refractivity contribution in [2.24, 2.45) is 0 Å². The minimum Gasteiger partial charge on any atom is -0.502 e. The number of rotatable bonds is 8. The third-order valence-electron chi connectivity index (χ3n) is 2.88. The number of ether oxygens (including phenoxy) is 1. The zero-order chi connectivity index (χ0) is 22.3. The van der Waals surface area contributed by atoms with Gasteiger partial charge in [0.25, 0.3) is 0 Å². The Bertz CT molecular complexity index is 579. The average Bonchev–Trinajstić information content (AvgIpc) is 2.44. The lowest BCUT2D eigenvalue weighted by molar-refractivity contribution is -0.440. The van der Waals surface area contributed by atoms with E-state index in [1.54, 1.807) is 0 Å².